The Bertz CT molecular complexity index is 809. The number of nitrogens with zero attached hydrogens (tertiary/aromatic N) is 1. The van der Waals surface area contributed by atoms with Crippen LogP contribution in [0, 0.1) is 13.8 Å². The Hall–Kier alpha value is -2.82. The van der Waals surface area contributed by atoms with Crippen LogP contribution >= 0.6 is 0 Å². The topological polar surface area (TPSA) is 61.4 Å². The summed E-state index contributed by atoms with van der Waals surface area (Å²) in [5.74, 6) is -0.00994. The quantitative estimate of drug-likeness (QED) is 0.842. The van der Waals surface area contributed by atoms with E-state index in [-0.39, 0.29) is 18.4 Å². The van der Waals surface area contributed by atoms with Gasteiger partial charge in [-0.25, -0.2) is 0 Å². The Balaban J connectivity index is 1.52. The van der Waals surface area contributed by atoms with E-state index < -0.39 is 0 Å². The minimum absolute atomic E-state index is 0.0915. The number of rotatable bonds is 5. The fourth-order valence-electron chi connectivity index (χ4n) is 3.34. The predicted octanol–water partition coefficient (Wildman–Crippen LogP) is 3.98. The summed E-state index contributed by atoms with van der Waals surface area (Å²) in [5, 5.41) is 6.02. The molecule has 0 unspecified atom stereocenters. The lowest BCUT2D eigenvalue weighted by Gasteiger charge is -2.26. The van der Waals surface area contributed by atoms with Crippen molar-refractivity contribution < 1.29 is 9.59 Å². The number of benzene rings is 2. The number of carbonyl (C=O) groups excluding carboxylic acids is 2. The molecule has 0 saturated carbocycles. The molecule has 1 heterocycles. The average Bonchev–Trinajstić information content (AvgIpc) is 2.69. The van der Waals surface area contributed by atoms with Crippen molar-refractivity contribution in [2.75, 3.05) is 30.3 Å². The van der Waals surface area contributed by atoms with Gasteiger partial charge in [-0.2, -0.15) is 0 Å². The van der Waals surface area contributed by atoms with Gasteiger partial charge >= 0.3 is 0 Å². The van der Waals surface area contributed by atoms with Crippen LogP contribution in [0.25, 0.3) is 0 Å². The smallest absolute Gasteiger partial charge is 0.253 e. The molecule has 2 N–H and O–H groups in total. The van der Waals surface area contributed by atoms with Crippen LogP contribution in [0.5, 0.6) is 0 Å². The van der Waals surface area contributed by atoms with Gasteiger partial charge in [-0.1, -0.05) is 17.7 Å². The Morgan fingerprint density at radius 3 is 2.33 bits per heavy atom. The standard InChI is InChI=1S/C22H27N3O2/c1-16-6-11-20(17(2)14-16)24-21(26)15-23-19-9-7-18(8-10-19)22(27)25-12-4-3-5-13-25/h6-11,14,23H,3-5,12-13,15H2,1-2H3,(H,24,26). The zero-order valence-corrected chi connectivity index (χ0v) is 16.0. The second-order valence-corrected chi connectivity index (χ2v) is 7.15. The van der Waals surface area contributed by atoms with E-state index in [2.05, 4.69) is 10.6 Å². The van der Waals surface area contributed by atoms with Crippen LogP contribution in [0.2, 0.25) is 0 Å². The molecule has 142 valence electrons. The van der Waals surface area contributed by atoms with E-state index in [1.165, 1.54) is 12.0 Å². The van der Waals surface area contributed by atoms with Crippen molar-refractivity contribution in [3.63, 3.8) is 0 Å². The van der Waals surface area contributed by atoms with Gasteiger partial charge < -0.3 is 15.5 Å². The van der Waals surface area contributed by atoms with Crippen LogP contribution in [0.15, 0.2) is 42.5 Å². The van der Waals surface area contributed by atoms with Gasteiger partial charge in [0.1, 0.15) is 0 Å². The first kappa shape index (κ1) is 19.0. The van der Waals surface area contributed by atoms with Crippen LogP contribution in [0.1, 0.15) is 40.7 Å². The molecule has 0 aromatic heterocycles. The van der Waals surface area contributed by atoms with Crippen molar-refractivity contribution in [3.8, 4) is 0 Å². The van der Waals surface area contributed by atoms with Gasteiger partial charge in [0.2, 0.25) is 5.91 Å². The van der Waals surface area contributed by atoms with Crippen molar-refractivity contribution in [3.05, 3.63) is 59.2 Å². The van der Waals surface area contributed by atoms with Crippen LogP contribution in [0.4, 0.5) is 11.4 Å². The maximum atomic E-state index is 12.5. The molecule has 5 nitrogen and oxygen atoms in total. The van der Waals surface area contributed by atoms with Gasteiger partial charge in [0.25, 0.3) is 5.91 Å². The van der Waals surface area contributed by atoms with Gasteiger partial charge in [-0.15, -0.1) is 0 Å². The number of nitrogens with one attached hydrogen (secondary N) is 2. The maximum Gasteiger partial charge on any atom is 0.253 e. The largest absolute Gasteiger partial charge is 0.376 e. The molecule has 0 aliphatic carbocycles. The highest BCUT2D eigenvalue weighted by atomic mass is 16.2. The summed E-state index contributed by atoms with van der Waals surface area (Å²) in [7, 11) is 0. The molecular weight excluding hydrogens is 338 g/mol. The summed E-state index contributed by atoms with van der Waals surface area (Å²) in [6.45, 7) is 5.87. The highest BCUT2D eigenvalue weighted by Gasteiger charge is 2.17. The average molecular weight is 365 g/mol. The third-order valence-electron chi connectivity index (χ3n) is 4.88. The summed E-state index contributed by atoms with van der Waals surface area (Å²) in [5.41, 5.74) is 4.56. The lowest BCUT2D eigenvalue weighted by atomic mass is 10.1. The third kappa shape index (κ3) is 5.09. The number of aryl methyl sites for hydroxylation is 2. The van der Waals surface area contributed by atoms with Crippen LogP contribution in [0.3, 0.4) is 0 Å². The van der Waals surface area contributed by atoms with Gasteiger partial charge in [0.15, 0.2) is 0 Å². The van der Waals surface area contributed by atoms with Crippen molar-refractivity contribution in [1.29, 1.82) is 0 Å². The van der Waals surface area contributed by atoms with Gasteiger partial charge in [0, 0.05) is 30.0 Å². The molecule has 0 spiro atoms. The van der Waals surface area contributed by atoms with Crippen LogP contribution in [-0.4, -0.2) is 36.3 Å². The van der Waals surface area contributed by atoms with Crippen LogP contribution < -0.4 is 10.6 Å². The molecule has 1 aliphatic rings. The Morgan fingerprint density at radius 2 is 1.67 bits per heavy atom. The molecule has 0 atom stereocenters. The second kappa shape index (κ2) is 8.71. The van der Waals surface area contributed by atoms with E-state index in [1.807, 2.05) is 61.2 Å². The molecule has 5 heteroatoms. The van der Waals surface area contributed by atoms with E-state index >= 15 is 0 Å². The highest BCUT2D eigenvalue weighted by Crippen LogP contribution is 2.17. The van der Waals surface area contributed by atoms with Crippen molar-refractivity contribution in [1.82, 2.24) is 4.90 Å². The first-order valence-corrected chi connectivity index (χ1v) is 9.53. The van der Waals surface area contributed by atoms with Crippen molar-refractivity contribution >= 4 is 23.2 Å². The minimum Gasteiger partial charge on any atom is -0.376 e. The van der Waals surface area contributed by atoms with Crippen molar-refractivity contribution in [2.45, 2.75) is 33.1 Å². The first-order chi connectivity index (χ1) is 13.0. The molecule has 0 bridgehead atoms. The number of amides is 2. The van der Waals surface area contributed by atoms with Crippen molar-refractivity contribution in [2.24, 2.45) is 0 Å². The fraction of sp³-hybridized carbons (Fsp3) is 0.364. The fourth-order valence-corrected chi connectivity index (χ4v) is 3.34. The lowest BCUT2D eigenvalue weighted by molar-refractivity contribution is -0.114. The van der Waals surface area contributed by atoms with E-state index in [4.69, 9.17) is 0 Å². The Labute approximate surface area is 160 Å². The lowest BCUT2D eigenvalue weighted by Crippen LogP contribution is -2.35. The number of hydrogen-bond donors (Lipinski definition) is 2. The van der Waals surface area contributed by atoms with E-state index in [0.717, 1.165) is 42.9 Å². The highest BCUT2D eigenvalue weighted by molar-refractivity contribution is 5.95. The zero-order chi connectivity index (χ0) is 19.2. The summed E-state index contributed by atoms with van der Waals surface area (Å²) in [6, 6.07) is 13.3. The van der Waals surface area contributed by atoms with Gasteiger partial charge in [-0.05, 0) is 69.0 Å². The predicted molar refractivity (Wildman–Crippen MR) is 109 cm³/mol. The van der Waals surface area contributed by atoms with Crippen LogP contribution in [-0.2, 0) is 4.79 Å². The van der Waals surface area contributed by atoms with E-state index in [0.29, 0.717) is 5.56 Å². The summed E-state index contributed by atoms with van der Waals surface area (Å²) >= 11 is 0. The minimum atomic E-state index is -0.101. The molecule has 2 aromatic carbocycles. The molecule has 1 aliphatic heterocycles. The number of likely N-dealkylation sites (tertiary alicyclic amines) is 1. The maximum absolute atomic E-state index is 12.5. The molecule has 2 amide bonds. The zero-order valence-electron chi connectivity index (χ0n) is 16.0. The summed E-state index contributed by atoms with van der Waals surface area (Å²) < 4.78 is 0. The molecule has 27 heavy (non-hydrogen) atoms. The number of hydrogen-bond acceptors (Lipinski definition) is 3. The molecule has 3 rings (SSSR count). The third-order valence-corrected chi connectivity index (χ3v) is 4.88. The summed E-state index contributed by atoms with van der Waals surface area (Å²) in [6.07, 6.45) is 3.37. The van der Waals surface area contributed by atoms with Gasteiger partial charge in [0.05, 0.1) is 6.54 Å². The summed E-state index contributed by atoms with van der Waals surface area (Å²) in [4.78, 5) is 26.6. The second-order valence-electron chi connectivity index (χ2n) is 7.15. The molecular formula is C22H27N3O2. The molecule has 2 aromatic rings. The number of piperidine rings is 1. The molecule has 1 saturated heterocycles. The Morgan fingerprint density at radius 1 is 0.963 bits per heavy atom. The normalized spacial score (nSPS) is 13.9. The number of carbonyl (C=O) groups is 2. The molecule has 1 fully saturated rings. The van der Waals surface area contributed by atoms with E-state index in [9.17, 15) is 9.59 Å². The molecule has 0 radical (unpaired) electrons. The van der Waals surface area contributed by atoms with Gasteiger partial charge in [-0.3, -0.25) is 9.59 Å². The van der Waals surface area contributed by atoms with E-state index in [1.54, 1.807) is 0 Å². The first-order valence-electron chi connectivity index (χ1n) is 9.53. The number of anilines is 2. The Kier molecular flexibility index (Phi) is 6.12. The SMILES string of the molecule is Cc1ccc(NC(=O)CNc2ccc(C(=O)N3CCCCC3)cc2)c(C)c1. The monoisotopic (exact) mass is 365 g/mol.